The second-order valence-corrected chi connectivity index (χ2v) is 92.2. The third kappa shape index (κ3) is 63.3. The van der Waals surface area contributed by atoms with Gasteiger partial charge in [0.25, 0.3) is 0 Å². The zero-order valence-corrected chi connectivity index (χ0v) is 95.5. The van der Waals surface area contributed by atoms with Crippen molar-refractivity contribution in [3.63, 3.8) is 0 Å². The van der Waals surface area contributed by atoms with Gasteiger partial charge in [0, 0.05) is 62.4 Å². The largest absolute Gasteiger partial charge is 0.460 e. The minimum absolute atomic E-state index is 0.0103. The molecule has 0 aliphatic heterocycles. The molecule has 2 aromatic rings. The molecule has 0 amide bonds. The van der Waals surface area contributed by atoms with E-state index in [1.807, 2.05) is 44.9 Å². The Bertz CT molecular complexity index is 3750. The van der Waals surface area contributed by atoms with Gasteiger partial charge in [-0.25, -0.2) is 28.8 Å². The molecule has 0 saturated carbocycles. The van der Waals surface area contributed by atoms with E-state index in [1.165, 1.54) is 23.5 Å². The lowest BCUT2D eigenvalue weighted by atomic mass is 9.96. The van der Waals surface area contributed by atoms with E-state index < -0.39 is 215 Å². The topological polar surface area (TPSA) is 304 Å². The van der Waals surface area contributed by atoms with Crippen molar-refractivity contribution in [3.8, 4) is 0 Å². The van der Waals surface area contributed by atoms with Gasteiger partial charge in [0.1, 0.15) is 38.6 Å². The molecular formula is C85H155F12NO23Si12. The van der Waals surface area contributed by atoms with E-state index in [2.05, 4.69) is 208 Å². The molecule has 0 aromatic heterocycles. The third-order valence-corrected chi connectivity index (χ3v) is 54.0. The summed E-state index contributed by atoms with van der Waals surface area (Å²) in [5.41, 5.74) is -9.12. The van der Waals surface area contributed by atoms with Crippen LogP contribution in [0.15, 0.2) is 137 Å². The summed E-state index contributed by atoms with van der Waals surface area (Å²) in [5, 5.41) is 35.2. The van der Waals surface area contributed by atoms with Crippen molar-refractivity contribution in [1.29, 1.82) is 0 Å². The monoisotopic (exact) mass is 2120 g/mol. The smallest absolute Gasteiger partial charge is 0.437 e. The van der Waals surface area contributed by atoms with E-state index in [9.17, 15) is 96.8 Å². The maximum absolute atomic E-state index is 13.2. The molecule has 3 unspecified atom stereocenters. The number of ether oxygens (including phenoxy) is 7. The molecule has 0 bridgehead atoms. The molecule has 2 rings (SSSR count). The number of rotatable bonds is 52. The van der Waals surface area contributed by atoms with Gasteiger partial charge in [0.15, 0.2) is 83.2 Å². The normalized spacial score (nSPS) is 13.7. The van der Waals surface area contributed by atoms with Gasteiger partial charge in [-0.05, 0) is 243 Å². The molecule has 48 heteroatoms. The number of nitrogens with one attached hydrogen (secondary N) is 1. The predicted molar refractivity (Wildman–Crippen MR) is 529 cm³/mol. The Kier molecular flexibility index (Phi) is 59.5. The second kappa shape index (κ2) is 58.9. The molecule has 2 aromatic carbocycles. The summed E-state index contributed by atoms with van der Waals surface area (Å²) in [6, 6.07) is 23.3. The summed E-state index contributed by atoms with van der Waals surface area (Å²) < 4.78 is 233. The highest BCUT2D eigenvalue weighted by atomic mass is 28.4. The summed E-state index contributed by atoms with van der Waals surface area (Å²) in [7, 11) is -24.0. The van der Waals surface area contributed by atoms with Crippen LogP contribution in [-0.2, 0) is 91.0 Å². The standard InChI is InChI=1S/C24H35NO4Si2.C14H24F6O3Si2.C13H22F6O3Si2.C12H26O4Si2.C11H24O5Si2.C11H24O4Si2/c1-5-24(27)28-20-21(26)19-25-17-12-18-31(29-30(2,3)4,22-13-8-6-9-14-22)23-15-10-7-11-16-23;1-7-11(21)22-12(13(15,16)17,14(18,19)20)9-8-10-25(5,6)23-24(2,3)4;1-7-10(20)21-11(12(14,15)16,13(17,18)19)8-9-24(5,6)22-23(2,3)4;1-7-12(13)15-9-8-14-10-11-18(5,6)16-17(2,3)4;1-7-11(13)14-8-10(12)9-15-18(5,6)16-17(2,3)4;1-7-11(13)14-8-10(12)9-17(5,6)15-16(2,3)4/h5-11,13-16,21,25-26H,1,12,17-20H2,2-4H3;7H,1,8-10H2,2-6H3;7H,1,8-9H2,2-6H3;7H,1,8-11H2,2-6H3;7,10,12H,1,8-9H2,2-6H3;7,10,12H,1,8-9H2,2-6H3. The van der Waals surface area contributed by atoms with E-state index in [0.717, 1.165) is 49.4 Å². The van der Waals surface area contributed by atoms with Gasteiger partial charge in [0.2, 0.25) is 8.32 Å². The first kappa shape index (κ1) is 134. The van der Waals surface area contributed by atoms with Gasteiger partial charge in [-0.15, -0.1) is 0 Å². The molecule has 0 spiro atoms. The van der Waals surface area contributed by atoms with Gasteiger partial charge in [-0.1, -0.05) is 100 Å². The van der Waals surface area contributed by atoms with Crippen molar-refractivity contribution in [2.24, 2.45) is 0 Å². The van der Waals surface area contributed by atoms with E-state index in [-0.39, 0.29) is 51.2 Å². The van der Waals surface area contributed by atoms with Crippen LogP contribution in [0.4, 0.5) is 52.7 Å². The SMILES string of the molecule is C=CC(=O)OC(CCC[Si](C)(C)O[Si](C)(C)C)(C(F)(F)F)C(F)(F)F.C=CC(=O)OC(CC[Si](C)(C)O[Si](C)(C)C)(C(F)(F)F)C(F)(F)F.C=CC(=O)OCC(O)CNCCC[Si](O[Si](C)(C)C)(c1ccccc1)c1ccccc1.C=CC(=O)OCC(O)CO[Si](C)(C)O[Si](C)(C)C.C=CC(=O)OCC(O)C[Si](C)(C)O[Si](C)(C)C.C=CC(=O)OCCOCC[Si](C)(C)O[Si](C)(C)C. The second-order valence-electron chi connectivity index (χ2n) is 39.6. The fourth-order valence-corrected chi connectivity index (χ4v) is 60.1. The molecule has 3 atom stereocenters. The Balaban J connectivity index is -0.000000761. The number of carbonyl (C=O) groups excluding carboxylic acids is 6. The highest BCUT2D eigenvalue weighted by Gasteiger charge is 2.75. The van der Waals surface area contributed by atoms with E-state index in [4.69, 9.17) is 52.8 Å². The zero-order valence-electron chi connectivity index (χ0n) is 83.5. The molecule has 133 heavy (non-hydrogen) atoms. The van der Waals surface area contributed by atoms with Crippen LogP contribution in [0, 0.1) is 0 Å². The summed E-state index contributed by atoms with van der Waals surface area (Å²) in [5.74, 6) is -5.54. The first-order chi connectivity index (χ1) is 59.8. The van der Waals surface area contributed by atoms with Crippen molar-refractivity contribution >= 4 is 146 Å². The maximum atomic E-state index is 13.2. The first-order valence-corrected chi connectivity index (χ1v) is 81.1. The number of alkyl halides is 12. The minimum Gasteiger partial charge on any atom is -0.460 e. The number of aliphatic hydroxyl groups is 3. The van der Waals surface area contributed by atoms with Gasteiger partial charge >= 0.3 is 80.3 Å². The molecule has 0 aliphatic carbocycles. The van der Waals surface area contributed by atoms with E-state index >= 15 is 0 Å². The highest BCUT2D eigenvalue weighted by Crippen LogP contribution is 2.51. The van der Waals surface area contributed by atoms with Crippen LogP contribution in [0.3, 0.4) is 0 Å². The fraction of sp³-hybridized carbons (Fsp3) is 0.647. The number of hydrogen-bond acceptors (Lipinski definition) is 24. The van der Waals surface area contributed by atoms with Gasteiger partial charge in [-0.3, -0.25) is 0 Å². The lowest BCUT2D eigenvalue weighted by Gasteiger charge is -2.39. The summed E-state index contributed by atoms with van der Waals surface area (Å²) >= 11 is 0. The molecule has 770 valence electrons. The number of benzene rings is 2. The van der Waals surface area contributed by atoms with E-state index in [0.29, 0.717) is 25.8 Å². The maximum Gasteiger partial charge on any atom is 0.437 e. The molecule has 0 heterocycles. The molecule has 0 fully saturated rings. The molecule has 0 aliphatic rings. The Morgan fingerprint density at radius 3 is 1.01 bits per heavy atom. The quantitative estimate of drug-likeness (QED) is 0.0119. The zero-order chi connectivity index (χ0) is 105. The average Bonchev–Trinajstić information content (AvgIpc) is 0.755. The summed E-state index contributed by atoms with van der Waals surface area (Å²) in [6.45, 7) is 77.5. The van der Waals surface area contributed by atoms with Crippen LogP contribution >= 0.6 is 0 Å². The highest BCUT2D eigenvalue weighted by molar-refractivity contribution is 7.02. The van der Waals surface area contributed by atoms with Crippen LogP contribution in [0.2, 0.25) is 214 Å². The number of carbonyl (C=O) groups is 6. The van der Waals surface area contributed by atoms with Crippen LogP contribution < -0.4 is 15.7 Å². The Morgan fingerprint density at radius 1 is 0.346 bits per heavy atom. The minimum atomic E-state index is -5.81. The molecule has 0 saturated heterocycles. The Labute approximate surface area is 795 Å². The van der Waals surface area contributed by atoms with Gasteiger partial charge < -0.3 is 82.9 Å². The van der Waals surface area contributed by atoms with Crippen LogP contribution in [0.5, 0.6) is 0 Å². The average molecular weight is 2120 g/mol. The Hall–Kier alpha value is -5.02. The molecule has 24 nitrogen and oxygen atoms in total. The lowest BCUT2D eigenvalue weighted by molar-refractivity contribution is -0.370. The lowest BCUT2D eigenvalue weighted by Crippen LogP contribution is -2.64. The van der Waals surface area contributed by atoms with Crippen LogP contribution in [0.25, 0.3) is 0 Å². The molecular weight excluding hydrogens is 1970 g/mol. The van der Waals surface area contributed by atoms with Crippen LogP contribution in [-0.4, -0.2) is 265 Å². The number of hydrogen-bond donors (Lipinski definition) is 4. The molecule has 4 N–H and O–H groups in total. The molecule has 0 radical (unpaired) electrons. The van der Waals surface area contributed by atoms with Crippen molar-refractivity contribution in [1.82, 2.24) is 5.32 Å². The van der Waals surface area contributed by atoms with Crippen LogP contribution in [0.1, 0.15) is 25.7 Å². The fourth-order valence-electron chi connectivity index (χ4n) is 12.9. The van der Waals surface area contributed by atoms with Crippen molar-refractivity contribution in [2.45, 2.75) is 293 Å². The summed E-state index contributed by atoms with van der Waals surface area (Å²) in [4.78, 5) is 65.8. The van der Waals surface area contributed by atoms with Crippen molar-refractivity contribution in [2.75, 3.05) is 59.3 Å². The van der Waals surface area contributed by atoms with Crippen molar-refractivity contribution in [3.05, 3.63) is 137 Å². The van der Waals surface area contributed by atoms with Gasteiger partial charge in [-0.2, -0.15) is 52.7 Å². The Morgan fingerprint density at radius 2 is 0.662 bits per heavy atom. The summed E-state index contributed by atoms with van der Waals surface area (Å²) in [6.07, 6.45) is -22.9. The van der Waals surface area contributed by atoms with Crippen molar-refractivity contribution < 1.29 is 159 Å². The number of aliphatic hydroxyl groups excluding tert-OH is 3. The number of esters is 6. The third-order valence-electron chi connectivity index (χ3n) is 16.8. The first-order valence-electron chi connectivity index (χ1n) is 43.2. The van der Waals surface area contributed by atoms with Gasteiger partial charge in [0.05, 0.1) is 19.3 Å². The number of halogens is 12. The van der Waals surface area contributed by atoms with E-state index in [1.54, 1.807) is 32.7 Å². The predicted octanol–water partition coefficient (Wildman–Crippen LogP) is 19.7.